The van der Waals surface area contributed by atoms with E-state index in [4.69, 9.17) is 9.97 Å². The fraction of sp³-hybridized carbons (Fsp3) is 0.238. The Bertz CT molecular complexity index is 1010. The number of aromatic nitrogens is 2. The smallest absolute Gasteiger partial charge is 0.156 e. The van der Waals surface area contributed by atoms with Gasteiger partial charge in [0.25, 0.3) is 0 Å². The van der Waals surface area contributed by atoms with Crippen molar-refractivity contribution in [2.75, 3.05) is 0 Å². The second kappa shape index (κ2) is 8.06. The third-order valence-corrected chi connectivity index (χ3v) is 8.45. The van der Waals surface area contributed by atoms with Gasteiger partial charge >= 0.3 is 0 Å². The second-order valence-corrected chi connectivity index (χ2v) is 12.2. The maximum atomic E-state index is 4.80. The molecule has 0 saturated carbocycles. The van der Waals surface area contributed by atoms with E-state index in [0.29, 0.717) is 0 Å². The zero-order valence-corrected chi connectivity index (χ0v) is 19.4. The molecular weight excluding hydrogens is 423 g/mol. The number of allylic oxidation sites excluding steroid dienone is 1. The average Bonchev–Trinajstić information content (AvgIpc) is 3.22. The molecule has 0 aliphatic rings. The minimum absolute atomic E-state index is 0.00234. The van der Waals surface area contributed by atoms with Gasteiger partial charge in [0, 0.05) is 11.2 Å². The van der Waals surface area contributed by atoms with Crippen molar-refractivity contribution >= 4 is 66.6 Å². The Labute approximate surface area is 181 Å². The van der Waals surface area contributed by atoms with E-state index in [-0.39, 0.29) is 5.54 Å². The van der Waals surface area contributed by atoms with Crippen LogP contribution in [0.25, 0.3) is 20.4 Å². The van der Waals surface area contributed by atoms with Crippen LogP contribution in [0.5, 0.6) is 0 Å². The highest BCUT2D eigenvalue weighted by Crippen LogP contribution is 2.45. The first kappa shape index (κ1) is 19.8. The summed E-state index contributed by atoms with van der Waals surface area (Å²) in [5.41, 5.74) is 3.26. The van der Waals surface area contributed by atoms with Crippen molar-refractivity contribution in [2.24, 2.45) is 0 Å². The van der Waals surface area contributed by atoms with E-state index in [1.165, 1.54) is 13.6 Å². The Morgan fingerprint density at radius 2 is 1.29 bits per heavy atom. The van der Waals surface area contributed by atoms with Crippen LogP contribution in [0.2, 0.25) is 0 Å². The average molecular weight is 444 g/mol. The first-order valence-corrected chi connectivity index (χ1v) is 12.2. The zero-order valence-electron chi connectivity index (χ0n) is 16.1. The van der Waals surface area contributed by atoms with Gasteiger partial charge in [-0.3, -0.25) is 0 Å². The number of fused-ring (bicyclic) bond motifs is 2. The van der Waals surface area contributed by atoms with Crippen LogP contribution in [-0.2, 0) is 0 Å². The SMILES string of the molecule is CC(NC(C)(C)C)=C(Sc1nc2ccccc2s1)Sc1nc2ccccc2s1. The molecule has 4 aromatic rings. The number of benzene rings is 2. The van der Waals surface area contributed by atoms with E-state index < -0.39 is 0 Å². The molecule has 0 radical (unpaired) electrons. The number of para-hydroxylation sites is 2. The van der Waals surface area contributed by atoms with E-state index in [1.807, 2.05) is 12.1 Å². The molecule has 3 nitrogen and oxygen atoms in total. The molecule has 0 aliphatic heterocycles. The summed E-state index contributed by atoms with van der Waals surface area (Å²) in [5.74, 6) is 0. The molecule has 0 unspecified atom stereocenters. The highest BCUT2D eigenvalue weighted by molar-refractivity contribution is 8.23. The van der Waals surface area contributed by atoms with Crippen LogP contribution >= 0.6 is 46.2 Å². The van der Waals surface area contributed by atoms with Gasteiger partial charge in [-0.1, -0.05) is 24.3 Å². The number of hydrogen-bond donors (Lipinski definition) is 1. The number of nitrogens with zero attached hydrogens (tertiary/aromatic N) is 2. The highest BCUT2D eigenvalue weighted by Gasteiger charge is 2.17. The van der Waals surface area contributed by atoms with E-state index in [2.05, 4.69) is 69.4 Å². The van der Waals surface area contributed by atoms with E-state index in [0.717, 1.165) is 25.4 Å². The van der Waals surface area contributed by atoms with Crippen molar-refractivity contribution in [3.05, 3.63) is 58.5 Å². The van der Waals surface area contributed by atoms with Crippen LogP contribution in [0.3, 0.4) is 0 Å². The van der Waals surface area contributed by atoms with Gasteiger partial charge in [-0.15, -0.1) is 22.7 Å². The molecular formula is C21H21N3S4. The number of thiazole rings is 2. The molecule has 0 aliphatic carbocycles. The van der Waals surface area contributed by atoms with Gasteiger partial charge in [-0.05, 0) is 75.5 Å². The third kappa shape index (κ3) is 4.71. The zero-order chi connectivity index (χ0) is 19.7. The summed E-state index contributed by atoms with van der Waals surface area (Å²) in [7, 11) is 0. The molecule has 2 aromatic carbocycles. The van der Waals surface area contributed by atoms with Crippen LogP contribution in [0.4, 0.5) is 0 Å². The lowest BCUT2D eigenvalue weighted by atomic mass is 10.1. The largest absolute Gasteiger partial charge is 0.383 e. The first-order chi connectivity index (χ1) is 13.4. The van der Waals surface area contributed by atoms with Gasteiger partial charge in [-0.25, -0.2) is 9.97 Å². The Morgan fingerprint density at radius 1 is 0.821 bits per heavy atom. The summed E-state index contributed by atoms with van der Waals surface area (Å²) >= 11 is 6.92. The summed E-state index contributed by atoms with van der Waals surface area (Å²) in [6.07, 6.45) is 0. The van der Waals surface area contributed by atoms with Gasteiger partial charge in [0.1, 0.15) is 0 Å². The van der Waals surface area contributed by atoms with Crippen molar-refractivity contribution in [1.29, 1.82) is 0 Å². The molecule has 4 rings (SSSR count). The number of nitrogens with one attached hydrogen (secondary N) is 1. The van der Waals surface area contributed by atoms with Crippen LogP contribution in [0.15, 0.2) is 67.1 Å². The van der Waals surface area contributed by atoms with Gasteiger partial charge < -0.3 is 5.32 Å². The van der Waals surface area contributed by atoms with Crippen LogP contribution < -0.4 is 5.32 Å². The lowest BCUT2D eigenvalue weighted by Crippen LogP contribution is -2.34. The molecule has 2 heterocycles. The molecule has 0 bridgehead atoms. The molecule has 0 amide bonds. The molecule has 28 heavy (non-hydrogen) atoms. The Balaban J connectivity index is 1.67. The fourth-order valence-corrected chi connectivity index (χ4v) is 7.47. The molecule has 2 aromatic heterocycles. The molecule has 7 heteroatoms. The van der Waals surface area contributed by atoms with Gasteiger partial charge in [0.15, 0.2) is 8.68 Å². The molecule has 1 N–H and O–H groups in total. The molecule has 0 fully saturated rings. The Hall–Kier alpha value is -1.54. The predicted octanol–water partition coefficient (Wildman–Crippen LogP) is 7.37. The van der Waals surface area contributed by atoms with Gasteiger partial charge in [0.2, 0.25) is 0 Å². The highest BCUT2D eigenvalue weighted by atomic mass is 32.2. The maximum Gasteiger partial charge on any atom is 0.156 e. The second-order valence-electron chi connectivity index (χ2n) is 7.39. The summed E-state index contributed by atoms with van der Waals surface area (Å²) in [4.78, 5) is 9.61. The minimum atomic E-state index is -0.00234. The Kier molecular flexibility index (Phi) is 5.69. The van der Waals surface area contributed by atoms with Crippen molar-refractivity contribution in [1.82, 2.24) is 15.3 Å². The number of hydrogen-bond acceptors (Lipinski definition) is 7. The van der Waals surface area contributed by atoms with Crippen LogP contribution in [0, 0.1) is 0 Å². The van der Waals surface area contributed by atoms with Gasteiger partial charge in [0.05, 0.1) is 24.7 Å². The van der Waals surface area contributed by atoms with Crippen molar-refractivity contribution < 1.29 is 0 Å². The lowest BCUT2D eigenvalue weighted by Gasteiger charge is -2.24. The van der Waals surface area contributed by atoms with Crippen molar-refractivity contribution in [3.63, 3.8) is 0 Å². The molecule has 0 saturated heterocycles. The standard InChI is InChI=1S/C21H21N3S4/c1-13(24-21(2,3)4)18(27-19-22-14-9-5-7-11-16(14)25-19)28-20-23-15-10-6-8-12-17(15)26-20/h5-12,24H,1-4H3. The number of rotatable bonds is 5. The molecule has 144 valence electrons. The maximum absolute atomic E-state index is 4.80. The molecule has 0 spiro atoms. The first-order valence-electron chi connectivity index (χ1n) is 8.93. The van der Waals surface area contributed by atoms with Crippen LogP contribution in [-0.4, -0.2) is 15.5 Å². The minimum Gasteiger partial charge on any atom is -0.383 e. The van der Waals surface area contributed by atoms with E-state index in [9.17, 15) is 0 Å². The summed E-state index contributed by atoms with van der Waals surface area (Å²) in [6.45, 7) is 8.68. The van der Waals surface area contributed by atoms with E-state index in [1.54, 1.807) is 46.2 Å². The third-order valence-electron chi connectivity index (χ3n) is 3.78. The Morgan fingerprint density at radius 3 is 1.71 bits per heavy atom. The van der Waals surface area contributed by atoms with Gasteiger partial charge in [-0.2, -0.15) is 0 Å². The number of thioether (sulfide) groups is 2. The lowest BCUT2D eigenvalue weighted by molar-refractivity contribution is 0.473. The van der Waals surface area contributed by atoms with Crippen molar-refractivity contribution in [3.8, 4) is 0 Å². The quantitative estimate of drug-likeness (QED) is 0.326. The summed E-state index contributed by atoms with van der Waals surface area (Å²) in [6, 6.07) is 16.6. The normalized spacial score (nSPS) is 11.9. The van der Waals surface area contributed by atoms with Crippen LogP contribution in [0.1, 0.15) is 27.7 Å². The summed E-state index contributed by atoms with van der Waals surface area (Å²) < 4.78 is 5.74. The fourth-order valence-electron chi connectivity index (χ4n) is 2.74. The monoisotopic (exact) mass is 443 g/mol. The molecule has 0 atom stereocenters. The predicted molar refractivity (Wildman–Crippen MR) is 127 cm³/mol. The van der Waals surface area contributed by atoms with E-state index >= 15 is 0 Å². The topological polar surface area (TPSA) is 37.8 Å². The van der Waals surface area contributed by atoms with Crippen molar-refractivity contribution in [2.45, 2.75) is 41.9 Å². The summed E-state index contributed by atoms with van der Waals surface area (Å²) in [5, 5.41) is 3.62.